The normalized spacial score (nSPS) is 15.0. The van der Waals surface area contributed by atoms with Gasteiger partial charge in [0.1, 0.15) is 11.6 Å². The molecular weight excluding hydrogens is 229 g/mol. The average Bonchev–Trinajstić information content (AvgIpc) is 2.86. The van der Waals surface area contributed by atoms with Crippen LogP contribution in [0.3, 0.4) is 0 Å². The van der Waals surface area contributed by atoms with Crippen LogP contribution in [-0.2, 0) is 6.42 Å². The quantitative estimate of drug-likeness (QED) is 0.880. The smallest absolute Gasteiger partial charge is 0.127 e. The van der Waals surface area contributed by atoms with Crippen molar-refractivity contribution in [2.24, 2.45) is 5.73 Å². The SMILES string of the molecule is NC(c1cccc(F)c1)c1cccc2c1OCC2. The number of hydrogen-bond donors (Lipinski definition) is 1. The molecule has 1 unspecified atom stereocenters. The van der Waals surface area contributed by atoms with Crippen LogP contribution in [0.15, 0.2) is 42.5 Å². The molecule has 18 heavy (non-hydrogen) atoms. The fourth-order valence-corrected chi connectivity index (χ4v) is 2.37. The molecular formula is C15H14FNO. The first-order chi connectivity index (χ1) is 8.75. The van der Waals surface area contributed by atoms with Crippen molar-refractivity contribution in [3.8, 4) is 5.75 Å². The van der Waals surface area contributed by atoms with Gasteiger partial charge in [0, 0.05) is 12.0 Å². The molecule has 2 nitrogen and oxygen atoms in total. The summed E-state index contributed by atoms with van der Waals surface area (Å²) < 4.78 is 18.9. The summed E-state index contributed by atoms with van der Waals surface area (Å²) in [6.07, 6.45) is 0.916. The molecule has 1 heterocycles. The first kappa shape index (κ1) is 11.2. The summed E-state index contributed by atoms with van der Waals surface area (Å²) in [7, 11) is 0. The van der Waals surface area contributed by atoms with E-state index in [2.05, 4.69) is 0 Å². The standard InChI is InChI=1S/C15H14FNO/c16-12-5-1-4-11(9-12)14(17)13-6-2-3-10-7-8-18-15(10)13/h1-6,9,14H,7-8,17H2. The Bertz CT molecular complexity index is 582. The number of para-hydroxylation sites is 1. The summed E-state index contributed by atoms with van der Waals surface area (Å²) in [6.45, 7) is 0.697. The summed E-state index contributed by atoms with van der Waals surface area (Å²) >= 11 is 0. The first-order valence-electron chi connectivity index (χ1n) is 6.01. The Labute approximate surface area is 105 Å². The van der Waals surface area contributed by atoms with Gasteiger partial charge in [0.2, 0.25) is 0 Å². The Morgan fingerprint density at radius 1 is 1.17 bits per heavy atom. The highest BCUT2D eigenvalue weighted by Gasteiger charge is 2.20. The molecule has 92 valence electrons. The van der Waals surface area contributed by atoms with Crippen LogP contribution in [0, 0.1) is 5.82 Å². The highest BCUT2D eigenvalue weighted by molar-refractivity contribution is 5.48. The van der Waals surface area contributed by atoms with Crippen molar-refractivity contribution in [2.45, 2.75) is 12.5 Å². The van der Waals surface area contributed by atoms with Gasteiger partial charge in [-0.05, 0) is 23.3 Å². The third-order valence-electron chi connectivity index (χ3n) is 3.29. The lowest BCUT2D eigenvalue weighted by Crippen LogP contribution is -2.13. The fourth-order valence-electron chi connectivity index (χ4n) is 2.37. The van der Waals surface area contributed by atoms with Gasteiger partial charge in [-0.25, -0.2) is 4.39 Å². The molecule has 3 heteroatoms. The van der Waals surface area contributed by atoms with E-state index in [0.717, 1.165) is 23.3 Å². The minimum atomic E-state index is -0.353. The van der Waals surface area contributed by atoms with Gasteiger partial charge in [-0.1, -0.05) is 30.3 Å². The van der Waals surface area contributed by atoms with E-state index in [1.807, 2.05) is 24.3 Å². The Balaban J connectivity index is 2.03. The molecule has 1 aliphatic heterocycles. The molecule has 0 radical (unpaired) electrons. The molecule has 2 aromatic carbocycles. The second-order valence-electron chi connectivity index (χ2n) is 4.47. The lowest BCUT2D eigenvalue weighted by Gasteiger charge is -2.16. The Hall–Kier alpha value is -1.87. The summed E-state index contributed by atoms with van der Waals surface area (Å²) in [5, 5.41) is 0. The van der Waals surface area contributed by atoms with Crippen LogP contribution in [0.2, 0.25) is 0 Å². The average molecular weight is 243 g/mol. The number of benzene rings is 2. The molecule has 1 atom stereocenters. The summed E-state index contributed by atoms with van der Waals surface area (Å²) in [5.74, 6) is 0.603. The second-order valence-corrected chi connectivity index (χ2v) is 4.47. The molecule has 3 rings (SSSR count). The van der Waals surface area contributed by atoms with E-state index >= 15 is 0 Å². The lowest BCUT2D eigenvalue weighted by molar-refractivity contribution is 0.352. The van der Waals surface area contributed by atoms with Crippen LogP contribution >= 0.6 is 0 Å². The van der Waals surface area contributed by atoms with Gasteiger partial charge in [-0.2, -0.15) is 0 Å². The Morgan fingerprint density at radius 3 is 2.83 bits per heavy atom. The predicted molar refractivity (Wildman–Crippen MR) is 68.1 cm³/mol. The molecule has 0 amide bonds. The Morgan fingerprint density at radius 2 is 2.00 bits per heavy atom. The number of fused-ring (bicyclic) bond motifs is 1. The molecule has 2 N–H and O–H groups in total. The summed E-state index contributed by atoms with van der Waals surface area (Å²) in [5.41, 5.74) is 9.08. The minimum Gasteiger partial charge on any atom is -0.493 e. The van der Waals surface area contributed by atoms with E-state index in [4.69, 9.17) is 10.5 Å². The maximum absolute atomic E-state index is 13.2. The van der Waals surface area contributed by atoms with Crippen LogP contribution in [0.4, 0.5) is 4.39 Å². The van der Waals surface area contributed by atoms with E-state index in [1.54, 1.807) is 6.07 Å². The minimum absolute atomic E-state index is 0.267. The van der Waals surface area contributed by atoms with E-state index < -0.39 is 0 Å². The van der Waals surface area contributed by atoms with Gasteiger partial charge in [0.25, 0.3) is 0 Å². The first-order valence-corrected chi connectivity index (χ1v) is 6.01. The topological polar surface area (TPSA) is 35.2 Å². The number of ether oxygens (including phenoxy) is 1. The van der Waals surface area contributed by atoms with Gasteiger partial charge < -0.3 is 10.5 Å². The van der Waals surface area contributed by atoms with E-state index in [-0.39, 0.29) is 11.9 Å². The number of hydrogen-bond acceptors (Lipinski definition) is 2. The largest absolute Gasteiger partial charge is 0.493 e. The van der Waals surface area contributed by atoms with Crippen molar-refractivity contribution in [1.82, 2.24) is 0 Å². The van der Waals surface area contributed by atoms with E-state index in [0.29, 0.717) is 6.61 Å². The zero-order valence-electron chi connectivity index (χ0n) is 9.90. The van der Waals surface area contributed by atoms with Crippen LogP contribution in [0.5, 0.6) is 5.75 Å². The van der Waals surface area contributed by atoms with Crippen molar-refractivity contribution >= 4 is 0 Å². The zero-order valence-corrected chi connectivity index (χ0v) is 9.90. The zero-order chi connectivity index (χ0) is 12.5. The van der Waals surface area contributed by atoms with Crippen molar-refractivity contribution in [3.05, 3.63) is 65.0 Å². The van der Waals surface area contributed by atoms with Crippen molar-refractivity contribution in [3.63, 3.8) is 0 Å². The number of rotatable bonds is 2. The third-order valence-corrected chi connectivity index (χ3v) is 3.29. The molecule has 0 fully saturated rings. The van der Waals surface area contributed by atoms with E-state index in [9.17, 15) is 4.39 Å². The van der Waals surface area contributed by atoms with Crippen LogP contribution in [0.25, 0.3) is 0 Å². The van der Waals surface area contributed by atoms with E-state index in [1.165, 1.54) is 17.7 Å². The van der Waals surface area contributed by atoms with Gasteiger partial charge in [0.15, 0.2) is 0 Å². The molecule has 2 aromatic rings. The fraction of sp³-hybridized carbons (Fsp3) is 0.200. The van der Waals surface area contributed by atoms with Gasteiger partial charge in [-0.15, -0.1) is 0 Å². The summed E-state index contributed by atoms with van der Waals surface area (Å²) in [6, 6.07) is 12.0. The highest BCUT2D eigenvalue weighted by Crippen LogP contribution is 2.35. The molecule has 0 aliphatic carbocycles. The molecule has 0 spiro atoms. The maximum atomic E-state index is 13.2. The highest BCUT2D eigenvalue weighted by atomic mass is 19.1. The molecule has 0 saturated heterocycles. The molecule has 0 bridgehead atoms. The van der Waals surface area contributed by atoms with Gasteiger partial charge >= 0.3 is 0 Å². The van der Waals surface area contributed by atoms with Gasteiger partial charge in [-0.3, -0.25) is 0 Å². The third kappa shape index (κ3) is 1.87. The number of halogens is 1. The molecule has 0 saturated carbocycles. The van der Waals surface area contributed by atoms with Crippen LogP contribution in [0.1, 0.15) is 22.7 Å². The molecule has 0 aromatic heterocycles. The molecule has 1 aliphatic rings. The predicted octanol–water partition coefficient (Wildman–Crippen LogP) is 2.81. The van der Waals surface area contributed by atoms with Crippen molar-refractivity contribution < 1.29 is 9.13 Å². The van der Waals surface area contributed by atoms with Gasteiger partial charge in [0.05, 0.1) is 12.6 Å². The second kappa shape index (κ2) is 4.42. The Kier molecular flexibility index (Phi) is 2.76. The lowest BCUT2D eigenvalue weighted by atomic mass is 9.96. The van der Waals surface area contributed by atoms with Crippen molar-refractivity contribution in [1.29, 1.82) is 0 Å². The van der Waals surface area contributed by atoms with Crippen molar-refractivity contribution in [2.75, 3.05) is 6.61 Å². The van der Waals surface area contributed by atoms with Crippen LogP contribution in [-0.4, -0.2) is 6.61 Å². The maximum Gasteiger partial charge on any atom is 0.127 e. The van der Waals surface area contributed by atoms with Crippen LogP contribution < -0.4 is 10.5 Å². The monoisotopic (exact) mass is 243 g/mol. The number of nitrogens with two attached hydrogens (primary N) is 1. The summed E-state index contributed by atoms with van der Waals surface area (Å²) in [4.78, 5) is 0.